The summed E-state index contributed by atoms with van der Waals surface area (Å²) in [6.07, 6.45) is 7.40. The van der Waals surface area contributed by atoms with Crippen molar-refractivity contribution < 1.29 is 4.79 Å². The third-order valence-corrected chi connectivity index (χ3v) is 7.28. The molecule has 5 nitrogen and oxygen atoms in total. The van der Waals surface area contributed by atoms with Crippen LogP contribution in [0.1, 0.15) is 67.2 Å². The summed E-state index contributed by atoms with van der Waals surface area (Å²) in [5, 5.41) is 6.84. The van der Waals surface area contributed by atoms with Crippen molar-refractivity contribution in [2.24, 2.45) is 5.41 Å². The molecule has 34 heavy (non-hydrogen) atoms. The van der Waals surface area contributed by atoms with E-state index in [2.05, 4.69) is 66.4 Å². The van der Waals surface area contributed by atoms with Crippen molar-refractivity contribution in [2.45, 2.75) is 51.4 Å². The van der Waals surface area contributed by atoms with Gasteiger partial charge in [0.2, 0.25) is 0 Å². The molecule has 1 aliphatic heterocycles. The Morgan fingerprint density at radius 1 is 1.09 bits per heavy atom. The van der Waals surface area contributed by atoms with Crippen LogP contribution in [-0.2, 0) is 0 Å². The quantitative estimate of drug-likeness (QED) is 0.432. The standard InChI is InChI=1S/C28H32N4OS/c1-28(2,3)15-16-34-27-25-29-17-24(32(25)18-23(31-27)19-7-5-4-6-8-19)20-9-11-21(12-10-20)26(33)30-22-13-14-22/h4-12,17-18,22,27,31H,13-16H2,1-3H3,(H,30,33). The number of nitrogens with zero attached hydrogens (tertiary/aromatic N) is 2. The highest BCUT2D eigenvalue weighted by molar-refractivity contribution is 7.99. The molecule has 3 aromatic rings. The Kier molecular flexibility index (Phi) is 6.26. The second-order valence-corrected chi connectivity index (χ2v) is 11.5. The molecule has 1 unspecified atom stereocenters. The molecule has 1 atom stereocenters. The third kappa shape index (κ3) is 5.22. The number of carbonyl (C=O) groups excluding carboxylic acids is 1. The van der Waals surface area contributed by atoms with Crippen LogP contribution in [0.2, 0.25) is 0 Å². The molecule has 6 heteroatoms. The number of benzene rings is 2. The van der Waals surface area contributed by atoms with E-state index in [1.54, 1.807) is 0 Å². The van der Waals surface area contributed by atoms with Gasteiger partial charge in [0, 0.05) is 23.4 Å². The fourth-order valence-corrected chi connectivity index (χ4v) is 5.45. The molecular weight excluding hydrogens is 440 g/mol. The molecule has 1 saturated carbocycles. The molecule has 2 aliphatic rings. The molecule has 1 aliphatic carbocycles. The second-order valence-electron chi connectivity index (χ2n) is 10.3. The van der Waals surface area contributed by atoms with Crippen LogP contribution in [0.3, 0.4) is 0 Å². The van der Waals surface area contributed by atoms with Crippen molar-refractivity contribution in [1.82, 2.24) is 20.2 Å². The van der Waals surface area contributed by atoms with E-state index in [1.807, 2.05) is 48.3 Å². The summed E-state index contributed by atoms with van der Waals surface area (Å²) in [6.45, 7) is 6.85. The fourth-order valence-electron chi connectivity index (χ4n) is 3.95. The third-order valence-electron chi connectivity index (χ3n) is 6.18. The van der Waals surface area contributed by atoms with Crippen LogP contribution in [-0.4, -0.2) is 27.3 Å². The summed E-state index contributed by atoms with van der Waals surface area (Å²) in [5.74, 6) is 2.07. The molecule has 0 saturated heterocycles. The molecule has 2 N–H and O–H groups in total. The monoisotopic (exact) mass is 472 g/mol. The number of hydrogen-bond donors (Lipinski definition) is 2. The first-order valence-electron chi connectivity index (χ1n) is 12.0. The van der Waals surface area contributed by atoms with E-state index in [4.69, 9.17) is 4.98 Å². The highest BCUT2D eigenvalue weighted by atomic mass is 32.2. The maximum atomic E-state index is 12.4. The van der Waals surface area contributed by atoms with Gasteiger partial charge in [-0.2, -0.15) is 0 Å². The molecule has 0 radical (unpaired) electrons. The maximum Gasteiger partial charge on any atom is 0.251 e. The number of rotatable bonds is 7. The van der Waals surface area contributed by atoms with E-state index in [1.165, 1.54) is 0 Å². The van der Waals surface area contributed by atoms with Gasteiger partial charge in [0.1, 0.15) is 11.2 Å². The molecule has 2 heterocycles. The van der Waals surface area contributed by atoms with Crippen LogP contribution in [0.15, 0.2) is 60.8 Å². The fraction of sp³-hybridized carbons (Fsp3) is 0.357. The van der Waals surface area contributed by atoms with Gasteiger partial charge in [0.25, 0.3) is 5.91 Å². The topological polar surface area (TPSA) is 59.0 Å². The minimum absolute atomic E-state index is 0.00938. The van der Waals surface area contributed by atoms with Crippen LogP contribution >= 0.6 is 11.8 Å². The van der Waals surface area contributed by atoms with Crippen molar-refractivity contribution in [1.29, 1.82) is 0 Å². The van der Waals surface area contributed by atoms with Crippen LogP contribution in [0, 0.1) is 5.41 Å². The van der Waals surface area contributed by atoms with Crippen LogP contribution in [0.4, 0.5) is 0 Å². The van der Waals surface area contributed by atoms with Crippen LogP contribution < -0.4 is 10.6 Å². The molecule has 1 aromatic heterocycles. The molecule has 176 valence electrons. The summed E-state index contributed by atoms with van der Waals surface area (Å²) in [4.78, 5) is 17.2. The molecule has 2 aromatic carbocycles. The number of imidazole rings is 1. The van der Waals surface area contributed by atoms with Gasteiger partial charge in [-0.25, -0.2) is 4.98 Å². The summed E-state index contributed by atoms with van der Waals surface area (Å²) in [6, 6.07) is 18.6. The number of amides is 1. The van der Waals surface area contributed by atoms with Gasteiger partial charge in [-0.3, -0.25) is 9.36 Å². The Labute approximate surface area is 206 Å². The van der Waals surface area contributed by atoms with E-state index in [0.29, 0.717) is 17.0 Å². The van der Waals surface area contributed by atoms with Crippen molar-refractivity contribution in [2.75, 3.05) is 5.75 Å². The largest absolute Gasteiger partial charge is 0.365 e. The molecule has 5 rings (SSSR count). The molecular formula is C28H32N4OS. The smallest absolute Gasteiger partial charge is 0.251 e. The zero-order valence-electron chi connectivity index (χ0n) is 20.0. The molecule has 1 fully saturated rings. The van der Waals surface area contributed by atoms with Gasteiger partial charge in [0.15, 0.2) is 0 Å². The second kappa shape index (κ2) is 9.34. The molecule has 1 amide bonds. The van der Waals surface area contributed by atoms with Crippen molar-refractivity contribution in [3.63, 3.8) is 0 Å². The predicted molar refractivity (Wildman–Crippen MR) is 141 cm³/mol. The lowest BCUT2D eigenvalue weighted by Crippen LogP contribution is -2.26. The lowest BCUT2D eigenvalue weighted by Gasteiger charge is -2.28. The Morgan fingerprint density at radius 2 is 1.82 bits per heavy atom. The number of carbonyl (C=O) groups is 1. The van der Waals surface area contributed by atoms with Gasteiger partial charge >= 0.3 is 0 Å². The van der Waals surface area contributed by atoms with Crippen molar-refractivity contribution in [3.05, 3.63) is 77.7 Å². The lowest BCUT2D eigenvalue weighted by atomic mass is 9.94. The summed E-state index contributed by atoms with van der Waals surface area (Å²) in [5.41, 5.74) is 5.31. The van der Waals surface area contributed by atoms with Gasteiger partial charge < -0.3 is 10.6 Å². The highest BCUT2D eigenvalue weighted by Crippen LogP contribution is 2.37. The number of aromatic nitrogens is 2. The highest BCUT2D eigenvalue weighted by Gasteiger charge is 2.27. The van der Waals surface area contributed by atoms with Gasteiger partial charge in [0.05, 0.1) is 17.6 Å². The van der Waals surface area contributed by atoms with Gasteiger partial charge in [-0.15, -0.1) is 11.8 Å². The summed E-state index contributed by atoms with van der Waals surface area (Å²) < 4.78 is 2.20. The minimum atomic E-state index is 0.00938. The maximum absolute atomic E-state index is 12.4. The molecule has 0 bridgehead atoms. The Morgan fingerprint density at radius 3 is 2.50 bits per heavy atom. The summed E-state index contributed by atoms with van der Waals surface area (Å²) in [7, 11) is 0. The van der Waals surface area contributed by atoms with E-state index in [-0.39, 0.29) is 11.3 Å². The van der Waals surface area contributed by atoms with Crippen molar-refractivity contribution >= 4 is 29.6 Å². The zero-order valence-corrected chi connectivity index (χ0v) is 20.9. The van der Waals surface area contributed by atoms with E-state index >= 15 is 0 Å². The van der Waals surface area contributed by atoms with Crippen molar-refractivity contribution in [3.8, 4) is 11.3 Å². The first-order valence-corrected chi connectivity index (χ1v) is 13.1. The van der Waals surface area contributed by atoms with Gasteiger partial charge in [-0.05, 0) is 48.1 Å². The van der Waals surface area contributed by atoms with E-state index < -0.39 is 0 Å². The zero-order chi connectivity index (χ0) is 23.7. The molecule has 0 spiro atoms. The van der Waals surface area contributed by atoms with Crippen LogP contribution in [0.25, 0.3) is 23.2 Å². The average Bonchev–Trinajstić information content (AvgIpc) is 3.54. The predicted octanol–water partition coefficient (Wildman–Crippen LogP) is 6.17. The number of thioether (sulfide) groups is 1. The average molecular weight is 473 g/mol. The number of hydrogen-bond acceptors (Lipinski definition) is 4. The van der Waals surface area contributed by atoms with Crippen LogP contribution in [0.5, 0.6) is 0 Å². The Hall–Kier alpha value is -2.99. The minimum Gasteiger partial charge on any atom is -0.365 e. The first-order chi connectivity index (χ1) is 16.4. The lowest BCUT2D eigenvalue weighted by molar-refractivity contribution is 0.0951. The van der Waals surface area contributed by atoms with E-state index in [9.17, 15) is 4.79 Å². The SMILES string of the molecule is CC(C)(C)CCSC1NC(c2ccccc2)=Cn2c(-c3ccc(C(=O)NC4CC4)cc3)cnc21. The number of nitrogens with one attached hydrogen (secondary N) is 2. The number of fused-ring (bicyclic) bond motifs is 1. The summed E-state index contributed by atoms with van der Waals surface area (Å²) >= 11 is 1.90. The Balaban J connectivity index is 1.44. The van der Waals surface area contributed by atoms with E-state index in [0.717, 1.165) is 53.4 Å². The first kappa shape index (κ1) is 22.8. The van der Waals surface area contributed by atoms with Gasteiger partial charge in [-0.1, -0.05) is 63.2 Å². The Bertz CT molecular complexity index is 1190. The normalized spacial score (nSPS) is 17.5.